The van der Waals surface area contributed by atoms with Gasteiger partial charge in [-0.1, -0.05) is 13.8 Å². The molecule has 2 aliphatic heterocycles. The zero-order valence-corrected chi connectivity index (χ0v) is 18.9. The molecule has 9 heteroatoms. The Morgan fingerprint density at radius 2 is 1.88 bits per heavy atom. The minimum Gasteiger partial charge on any atom is -0.497 e. The number of fused-ring (bicyclic) bond motifs is 2. The van der Waals surface area contributed by atoms with E-state index in [1.807, 2.05) is 30.6 Å². The van der Waals surface area contributed by atoms with Gasteiger partial charge in [-0.2, -0.15) is 13.2 Å². The molecule has 0 radical (unpaired) electrons. The molecule has 1 fully saturated rings. The molecule has 0 N–H and O–H groups in total. The highest BCUT2D eigenvalue weighted by Gasteiger charge is 2.34. The number of benzene rings is 2. The van der Waals surface area contributed by atoms with Gasteiger partial charge in [-0.05, 0) is 43.3 Å². The summed E-state index contributed by atoms with van der Waals surface area (Å²) in [5.41, 5.74) is -0.0736. The zero-order valence-electron chi connectivity index (χ0n) is 18.9. The van der Waals surface area contributed by atoms with E-state index in [1.165, 1.54) is 6.07 Å². The quantitative estimate of drug-likeness (QED) is 0.626. The molecule has 0 saturated carbocycles. The molecule has 2 aromatic rings. The second-order valence-corrected chi connectivity index (χ2v) is 8.56. The standard InChI is InChI=1S/C24H26F3N3O3/c1-14(2)23(31)30-10-9-29(13-15(30)3)22-18-12-17(32-4)6-8-20(18)33-21-7-5-16(24(25,26)27)11-19(21)28-22/h5-8,11-12,14-15H,9-10,13H2,1-4H3/t15-/m0/s1. The number of rotatable bonds is 2. The van der Waals surface area contributed by atoms with Crippen molar-refractivity contribution in [2.45, 2.75) is 33.0 Å². The lowest BCUT2D eigenvalue weighted by molar-refractivity contribution is -0.138. The number of amidine groups is 1. The first kappa shape index (κ1) is 22.9. The summed E-state index contributed by atoms with van der Waals surface area (Å²) in [5.74, 6) is 1.75. The number of halogens is 3. The summed E-state index contributed by atoms with van der Waals surface area (Å²) in [6, 6.07) is 8.41. The molecule has 0 spiro atoms. The minimum absolute atomic E-state index is 0.0792. The number of carbonyl (C=O) groups is 1. The summed E-state index contributed by atoms with van der Waals surface area (Å²) in [5, 5.41) is 0. The molecule has 6 nitrogen and oxygen atoms in total. The van der Waals surface area contributed by atoms with Gasteiger partial charge in [-0.3, -0.25) is 4.79 Å². The molecule has 0 aliphatic carbocycles. The Labute approximate surface area is 190 Å². The maximum atomic E-state index is 13.4. The van der Waals surface area contributed by atoms with Gasteiger partial charge >= 0.3 is 6.18 Å². The number of aliphatic imine (C=N–C) groups is 1. The first-order valence-corrected chi connectivity index (χ1v) is 10.8. The highest BCUT2D eigenvalue weighted by atomic mass is 19.4. The second-order valence-electron chi connectivity index (χ2n) is 8.56. The van der Waals surface area contributed by atoms with Crippen LogP contribution in [0, 0.1) is 5.92 Å². The monoisotopic (exact) mass is 461 g/mol. The molecule has 176 valence electrons. The van der Waals surface area contributed by atoms with Crippen molar-refractivity contribution in [3.05, 3.63) is 47.5 Å². The van der Waals surface area contributed by atoms with Crippen LogP contribution in [-0.2, 0) is 11.0 Å². The van der Waals surface area contributed by atoms with E-state index in [2.05, 4.69) is 4.99 Å². The number of piperazine rings is 1. The van der Waals surface area contributed by atoms with Crippen LogP contribution in [0.4, 0.5) is 18.9 Å². The molecule has 4 rings (SSSR count). The smallest absolute Gasteiger partial charge is 0.416 e. The topological polar surface area (TPSA) is 54.4 Å². The maximum absolute atomic E-state index is 13.4. The number of methoxy groups -OCH3 is 1. The molecule has 2 heterocycles. The highest BCUT2D eigenvalue weighted by molar-refractivity contribution is 6.04. The molecular weight excluding hydrogens is 435 g/mol. The first-order chi connectivity index (χ1) is 15.6. The zero-order chi connectivity index (χ0) is 23.9. The number of hydrogen-bond acceptors (Lipinski definition) is 5. The summed E-state index contributed by atoms with van der Waals surface area (Å²) in [6.45, 7) is 7.17. The van der Waals surface area contributed by atoms with E-state index in [4.69, 9.17) is 9.47 Å². The lowest BCUT2D eigenvalue weighted by Crippen LogP contribution is -2.56. The van der Waals surface area contributed by atoms with Crippen LogP contribution >= 0.6 is 0 Å². The predicted octanol–water partition coefficient (Wildman–Crippen LogP) is 5.09. The van der Waals surface area contributed by atoms with E-state index in [-0.39, 0.29) is 29.3 Å². The van der Waals surface area contributed by atoms with Crippen molar-refractivity contribution in [2.24, 2.45) is 10.9 Å². The average Bonchev–Trinajstić information content (AvgIpc) is 2.93. The summed E-state index contributed by atoms with van der Waals surface area (Å²) < 4.78 is 51.4. The summed E-state index contributed by atoms with van der Waals surface area (Å²) >= 11 is 0. The summed E-state index contributed by atoms with van der Waals surface area (Å²) in [7, 11) is 1.54. The van der Waals surface area contributed by atoms with Gasteiger partial charge in [0.05, 0.1) is 18.2 Å². The van der Waals surface area contributed by atoms with Crippen molar-refractivity contribution in [3.63, 3.8) is 0 Å². The van der Waals surface area contributed by atoms with Gasteiger partial charge in [0, 0.05) is 31.6 Å². The van der Waals surface area contributed by atoms with Gasteiger partial charge in [0.2, 0.25) is 5.91 Å². The first-order valence-electron chi connectivity index (χ1n) is 10.8. The van der Waals surface area contributed by atoms with E-state index < -0.39 is 11.7 Å². The fourth-order valence-corrected chi connectivity index (χ4v) is 4.11. The number of nitrogens with zero attached hydrogens (tertiary/aromatic N) is 3. The second kappa shape index (κ2) is 8.61. The van der Waals surface area contributed by atoms with Crippen molar-refractivity contribution < 1.29 is 27.4 Å². The average molecular weight is 461 g/mol. The third-order valence-corrected chi connectivity index (χ3v) is 5.86. The third kappa shape index (κ3) is 4.49. The number of ether oxygens (including phenoxy) is 2. The van der Waals surface area contributed by atoms with E-state index in [0.717, 1.165) is 12.1 Å². The van der Waals surface area contributed by atoms with Crippen LogP contribution < -0.4 is 9.47 Å². The van der Waals surface area contributed by atoms with Crippen molar-refractivity contribution in [1.29, 1.82) is 0 Å². The molecule has 2 aliphatic rings. The number of hydrogen-bond donors (Lipinski definition) is 0. The van der Waals surface area contributed by atoms with Crippen LogP contribution in [0.3, 0.4) is 0 Å². The van der Waals surface area contributed by atoms with E-state index in [1.54, 1.807) is 25.3 Å². The summed E-state index contributed by atoms with van der Waals surface area (Å²) in [4.78, 5) is 21.0. The Bertz CT molecular complexity index is 1100. The molecular formula is C24H26F3N3O3. The number of alkyl halides is 3. The van der Waals surface area contributed by atoms with Crippen LogP contribution in [0.2, 0.25) is 0 Å². The molecule has 1 amide bonds. The Morgan fingerprint density at radius 1 is 1.15 bits per heavy atom. The Hall–Kier alpha value is -3.23. The van der Waals surface area contributed by atoms with Crippen molar-refractivity contribution in [2.75, 3.05) is 26.7 Å². The Kier molecular flexibility index (Phi) is 5.99. The van der Waals surface area contributed by atoms with Crippen molar-refractivity contribution in [3.8, 4) is 17.2 Å². The molecule has 0 bridgehead atoms. The predicted molar refractivity (Wildman–Crippen MR) is 118 cm³/mol. The van der Waals surface area contributed by atoms with E-state index >= 15 is 0 Å². The van der Waals surface area contributed by atoms with Crippen molar-refractivity contribution in [1.82, 2.24) is 9.80 Å². The van der Waals surface area contributed by atoms with Gasteiger partial charge in [0.1, 0.15) is 23.0 Å². The van der Waals surface area contributed by atoms with Gasteiger partial charge in [-0.15, -0.1) is 0 Å². The van der Waals surface area contributed by atoms with Crippen LogP contribution in [0.5, 0.6) is 17.2 Å². The van der Waals surface area contributed by atoms with Crippen LogP contribution in [0.25, 0.3) is 0 Å². The Morgan fingerprint density at radius 3 is 2.52 bits per heavy atom. The molecule has 1 saturated heterocycles. The third-order valence-electron chi connectivity index (χ3n) is 5.86. The van der Waals surface area contributed by atoms with Crippen molar-refractivity contribution >= 4 is 17.4 Å². The summed E-state index contributed by atoms with van der Waals surface area (Å²) in [6.07, 6.45) is -4.50. The molecule has 1 atom stereocenters. The van der Waals surface area contributed by atoms with Gasteiger partial charge < -0.3 is 19.3 Å². The molecule has 0 unspecified atom stereocenters. The van der Waals surface area contributed by atoms with Crippen LogP contribution in [-0.4, -0.2) is 54.3 Å². The fourth-order valence-electron chi connectivity index (χ4n) is 4.11. The lowest BCUT2D eigenvalue weighted by atomic mass is 10.1. The SMILES string of the molecule is COc1ccc2c(c1)C(N1CCN(C(=O)C(C)C)[C@@H](C)C1)=Nc1cc(C(F)(F)F)ccc1O2. The van der Waals surface area contributed by atoms with Crippen LogP contribution in [0.15, 0.2) is 41.4 Å². The number of amides is 1. The van der Waals surface area contributed by atoms with Crippen LogP contribution in [0.1, 0.15) is 31.9 Å². The number of carbonyl (C=O) groups excluding carboxylic acids is 1. The van der Waals surface area contributed by atoms with E-state index in [9.17, 15) is 18.0 Å². The van der Waals surface area contributed by atoms with Gasteiger partial charge in [0.15, 0.2) is 5.75 Å². The Balaban J connectivity index is 1.78. The largest absolute Gasteiger partial charge is 0.497 e. The fraction of sp³-hybridized carbons (Fsp3) is 0.417. The molecule has 33 heavy (non-hydrogen) atoms. The molecule has 2 aromatic carbocycles. The lowest BCUT2D eigenvalue weighted by Gasteiger charge is -2.42. The maximum Gasteiger partial charge on any atom is 0.416 e. The van der Waals surface area contributed by atoms with Gasteiger partial charge in [0.25, 0.3) is 0 Å². The minimum atomic E-state index is -4.50. The highest BCUT2D eigenvalue weighted by Crippen LogP contribution is 2.42. The van der Waals surface area contributed by atoms with E-state index in [0.29, 0.717) is 42.5 Å². The normalized spacial score (nSPS) is 18.2. The molecule has 0 aromatic heterocycles. The van der Waals surface area contributed by atoms with Gasteiger partial charge in [-0.25, -0.2) is 4.99 Å².